The third kappa shape index (κ3) is 1.91. The Morgan fingerprint density at radius 3 is 2.50 bits per heavy atom. The predicted octanol–water partition coefficient (Wildman–Crippen LogP) is 2.49. The van der Waals surface area contributed by atoms with E-state index in [0.717, 1.165) is 16.5 Å². The smallest absolute Gasteiger partial charge is 0.229 e. The van der Waals surface area contributed by atoms with Crippen LogP contribution < -0.4 is 5.73 Å². The molecule has 0 spiro atoms. The van der Waals surface area contributed by atoms with Crippen molar-refractivity contribution in [3.8, 4) is 5.75 Å². The monoisotopic (exact) mass is 266 g/mol. The summed E-state index contributed by atoms with van der Waals surface area (Å²) in [5, 5.41) is 10.9. The Labute approximate surface area is 115 Å². The Morgan fingerprint density at radius 1 is 1.05 bits per heavy atom. The minimum absolute atomic E-state index is 0.0709. The van der Waals surface area contributed by atoms with Gasteiger partial charge >= 0.3 is 0 Å². The van der Waals surface area contributed by atoms with Gasteiger partial charge in [-0.2, -0.15) is 0 Å². The average molecular weight is 266 g/mol. The van der Waals surface area contributed by atoms with Crippen LogP contribution in [0.15, 0.2) is 54.7 Å². The number of amides is 1. The van der Waals surface area contributed by atoms with Crippen molar-refractivity contribution in [3.05, 3.63) is 65.9 Å². The Hall–Kier alpha value is -2.75. The molecule has 4 nitrogen and oxygen atoms in total. The molecule has 3 rings (SSSR count). The van der Waals surface area contributed by atoms with Gasteiger partial charge in [0.1, 0.15) is 5.75 Å². The molecule has 1 atom stereocenters. The van der Waals surface area contributed by atoms with Crippen LogP contribution in [0.2, 0.25) is 0 Å². The molecule has 0 aliphatic carbocycles. The fourth-order valence-corrected chi connectivity index (χ4v) is 2.54. The number of nitrogens with two attached hydrogens (primary N) is 1. The van der Waals surface area contributed by atoms with Gasteiger partial charge in [-0.3, -0.25) is 4.79 Å². The number of aromatic amines is 1. The number of hydrogen-bond donors (Lipinski definition) is 3. The Balaban J connectivity index is 2.22. The summed E-state index contributed by atoms with van der Waals surface area (Å²) in [6.45, 7) is 0. The first-order valence-electron chi connectivity index (χ1n) is 6.31. The van der Waals surface area contributed by atoms with E-state index in [-0.39, 0.29) is 5.75 Å². The molecule has 2 aromatic carbocycles. The molecule has 0 saturated heterocycles. The first-order valence-corrected chi connectivity index (χ1v) is 6.31. The van der Waals surface area contributed by atoms with Gasteiger partial charge in [0.15, 0.2) is 0 Å². The van der Waals surface area contributed by atoms with Crippen LogP contribution in [-0.4, -0.2) is 16.0 Å². The standard InChI is InChI=1S/C16H14N2O2/c17-16(20)15(11-6-2-4-8-14(11)19)12-9-18-13-7-3-1-5-10(12)13/h1-9,15,18-19H,(H2,17,20). The minimum atomic E-state index is -0.674. The van der Waals surface area contributed by atoms with Gasteiger partial charge in [-0.05, 0) is 17.7 Å². The lowest BCUT2D eigenvalue weighted by Gasteiger charge is -2.14. The molecule has 0 aliphatic heterocycles. The molecule has 0 fully saturated rings. The van der Waals surface area contributed by atoms with Gasteiger partial charge in [-0.1, -0.05) is 36.4 Å². The number of rotatable bonds is 3. The van der Waals surface area contributed by atoms with Crippen LogP contribution >= 0.6 is 0 Å². The van der Waals surface area contributed by atoms with Gasteiger partial charge in [-0.25, -0.2) is 0 Å². The lowest BCUT2D eigenvalue weighted by atomic mass is 9.90. The highest BCUT2D eigenvalue weighted by Gasteiger charge is 2.25. The van der Waals surface area contributed by atoms with Gasteiger partial charge in [0.05, 0.1) is 5.92 Å². The van der Waals surface area contributed by atoms with Crippen molar-refractivity contribution < 1.29 is 9.90 Å². The number of phenols is 1. The van der Waals surface area contributed by atoms with Crippen LogP contribution in [0.1, 0.15) is 17.0 Å². The largest absolute Gasteiger partial charge is 0.508 e. The lowest BCUT2D eigenvalue weighted by molar-refractivity contribution is -0.118. The average Bonchev–Trinajstić information content (AvgIpc) is 2.85. The molecule has 0 saturated carbocycles. The molecule has 4 N–H and O–H groups in total. The van der Waals surface area contributed by atoms with Crippen LogP contribution in [0, 0.1) is 0 Å². The maximum atomic E-state index is 11.9. The van der Waals surface area contributed by atoms with Crippen molar-refractivity contribution in [3.63, 3.8) is 0 Å². The number of H-pyrrole nitrogens is 1. The summed E-state index contributed by atoms with van der Waals surface area (Å²) < 4.78 is 0. The third-order valence-electron chi connectivity index (χ3n) is 3.46. The number of nitrogens with one attached hydrogen (secondary N) is 1. The Bertz CT molecular complexity index is 777. The van der Waals surface area contributed by atoms with Gasteiger partial charge in [0.2, 0.25) is 5.91 Å². The number of para-hydroxylation sites is 2. The minimum Gasteiger partial charge on any atom is -0.508 e. The van der Waals surface area contributed by atoms with Gasteiger partial charge in [-0.15, -0.1) is 0 Å². The van der Waals surface area contributed by atoms with E-state index in [2.05, 4.69) is 4.98 Å². The van der Waals surface area contributed by atoms with Crippen molar-refractivity contribution in [1.29, 1.82) is 0 Å². The number of primary amides is 1. The third-order valence-corrected chi connectivity index (χ3v) is 3.46. The highest BCUT2D eigenvalue weighted by Crippen LogP contribution is 2.34. The summed E-state index contributed by atoms with van der Waals surface area (Å²) in [5.41, 5.74) is 7.78. The van der Waals surface area contributed by atoms with E-state index in [1.54, 1.807) is 30.5 Å². The van der Waals surface area contributed by atoms with Crippen molar-refractivity contribution in [2.45, 2.75) is 5.92 Å². The van der Waals surface area contributed by atoms with E-state index in [1.807, 2.05) is 24.3 Å². The molecule has 3 aromatic rings. The van der Waals surface area contributed by atoms with Gasteiger partial charge in [0.25, 0.3) is 0 Å². The molecule has 100 valence electrons. The molecule has 0 bridgehead atoms. The summed E-state index contributed by atoms with van der Waals surface area (Å²) in [4.78, 5) is 15.0. The normalized spacial score (nSPS) is 12.4. The molecule has 1 unspecified atom stereocenters. The van der Waals surface area contributed by atoms with Crippen molar-refractivity contribution >= 4 is 16.8 Å². The van der Waals surface area contributed by atoms with Crippen LogP contribution in [0.3, 0.4) is 0 Å². The zero-order valence-electron chi connectivity index (χ0n) is 10.7. The highest BCUT2D eigenvalue weighted by atomic mass is 16.3. The number of hydrogen-bond acceptors (Lipinski definition) is 2. The van der Waals surface area contributed by atoms with E-state index < -0.39 is 11.8 Å². The molecular weight excluding hydrogens is 252 g/mol. The van der Waals surface area contributed by atoms with Crippen LogP contribution in [0.25, 0.3) is 10.9 Å². The zero-order chi connectivity index (χ0) is 14.1. The number of fused-ring (bicyclic) bond motifs is 1. The van der Waals surface area contributed by atoms with Crippen LogP contribution in [-0.2, 0) is 4.79 Å². The first-order chi connectivity index (χ1) is 9.68. The second kappa shape index (κ2) is 4.74. The fourth-order valence-electron chi connectivity index (χ4n) is 2.54. The summed E-state index contributed by atoms with van der Waals surface area (Å²) in [7, 11) is 0. The summed E-state index contributed by atoms with van der Waals surface area (Å²) in [5.74, 6) is -1.09. The van der Waals surface area contributed by atoms with Crippen molar-refractivity contribution in [1.82, 2.24) is 4.98 Å². The molecule has 1 aromatic heterocycles. The van der Waals surface area contributed by atoms with E-state index in [0.29, 0.717) is 5.56 Å². The van der Waals surface area contributed by atoms with Crippen molar-refractivity contribution in [2.24, 2.45) is 5.73 Å². The predicted molar refractivity (Wildman–Crippen MR) is 77.4 cm³/mol. The fraction of sp³-hybridized carbons (Fsp3) is 0.0625. The second-order valence-corrected chi connectivity index (χ2v) is 4.68. The van der Waals surface area contributed by atoms with E-state index in [9.17, 15) is 9.90 Å². The van der Waals surface area contributed by atoms with E-state index in [1.165, 1.54) is 0 Å². The number of aromatic hydroxyl groups is 1. The highest BCUT2D eigenvalue weighted by molar-refractivity contribution is 5.94. The number of carbonyl (C=O) groups excluding carboxylic acids is 1. The summed E-state index contributed by atoms with van der Waals surface area (Å²) >= 11 is 0. The molecular formula is C16H14N2O2. The summed E-state index contributed by atoms with van der Waals surface area (Å²) in [6.07, 6.45) is 1.77. The van der Waals surface area contributed by atoms with Crippen LogP contribution in [0.5, 0.6) is 5.75 Å². The van der Waals surface area contributed by atoms with Crippen LogP contribution in [0.4, 0.5) is 0 Å². The quantitative estimate of drug-likeness (QED) is 0.681. The Morgan fingerprint density at radius 2 is 1.75 bits per heavy atom. The summed E-state index contributed by atoms with van der Waals surface area (Å²) in [6, 6.07) is 14.4. The van der Waals surface area contributed by atoms with Crippen molar-refractivity contribution in [2.75, 3.05) is 0 Å². The zero-order valence-corrected chi connectivity index (χ0v) is 10.7. The molecule has 4 heteroatoms. The van der Waals surface area contributed by atoms with Gasteiger partial charge < -0.3 is 15.8 Å². The maximum absolute atomic E-state index is 11.9. The van der Waals surface area contributed by atoms with E-state index in [4.69, 9.17) is 5.73 Å². The molecule has 1 amide bonds. The number of carbonyl (C=O) groups is 1. The van der Waals surface area contributed by atoms with E-state index >= 15 is 0 Å². The number of phenolic OH excluding ortho intramolecular Hbond substituents is 1. The number of benzene rings is 2. The lowest BCUT2D eigenvalue weighted by Crippen LogP contribution is -2.22. The molecule has 1 heterocycles. The molecule has 0 radical (unpaired) electrons. The topological polar surface area (TPSA) is 79.1 Å². The van der Waals surface area contributed by atoms with Gasteiger partial charge in [0, 0.05) is 22.7 Å². The first kappa shape index (κ1) is 12.3. The second-order valence-electron chi connectivity index (χ2n) is 4.68. The Kier molecular flexibility index (Phi) is 2.91. The number of aromatic nitrogens is 1. The molecule has 20 heavy (non-hydrogen) atoms. The maximum Gasteiger partial charge on any atom is 0.229 e. The SMILES string of the molecule is NC(=O)C(c1ccccc1O)c1c[nH]c2ccccc12. The molecule has 0 aliphatic rings.